The summed E-state index contributed by atoms with van der Waals surface area (Å²) < 4.78 is 1.54. The Bertz CT molecular complexity index is 1320. The van der Waals surface area contributed by atoms with Crippen LogP contribution in [0.4, 0.5) is 0 Å². The van der Waals surface area contributed by atoms with Gasteiger partial charge in [-0.05, 0) is 52.2 Å². The molecule has 5 rings (SSSR count). The van der Waals surface area contributed by atoms with Crippen molar-refractivity contribution >= 4 is 11.8 Å². The van der Waals surface area contributed by atoms with Gasteiger partial charge in [0.25, 0.3) is 11.8 Å². The average molecular weight is 453 g/mol. The Labute approximate surface area is 197 Å². The zero-order valence-electron chi connectivity index (χ0n) is 18.8. The predicted octanol–water partition coefficient (Wildman–Crippen LogP) is 3.14. The standard InChI is InChI=1S/C26H24N6O2/c1-18-11-12-20(13-24(18)32-17-28-29-30-32)25(33)27-14-22(19-7-3-2-4-8-19)16-31-15-21-9-5-6-10-23(21)26(31)34/h2-13,17,22H,14-16H2,1H3,(H,27,33)/t22-/m0/s1. The van der Waals surface area contributed by atoms with Crippen LogP contribution in [0.1, 0.15) is 43.3 Å². The third-order valence-corrected chi connectivity index (χ3v) is 6.18. The summed E-state index contributed by atoms with van der Waals surface area (Å²) in [5, 5.41) is 14.3. The van der Waals surface area contributed by atoms with Crippen molar-refractivity contribution in [2.45, 2.75) is 19.4 Å². The molecule has 1 N–H and O–H groups in total. The molecule has 2 heterocycles. The molecular weight excluding hydrogens is 428 g/mol. The molecule has 1 aliphatic rings. The van der Waals surface area contributed by atoms with Crippen LogP contribution in [0.3, 0.4) is 0 Å². The average Bonchev–Trinajstić information content (AvgIpc) is 3.51. The monoisotopic (exact) mass is 452 g/mol. The van der Waals surface area contributed by atoms with Gasteiger partial charge in [-0.1, -0.05) is 54.6 Å². The molecule has 0 fully saturated rings. The number of nitrogens with zero attached hydrogens (tertiary/aromatic N) is 5. The third kappa shape index (κ3) is 4.30. The molecule has 8 heteroatoms. The van der Waals surface area contributed by atoms with E-state index in [1.807, 2.05) is 72.5 Å². The number of aryl methyl sites for hydroxylation is 1. The van der Waals surface area contributed by atoms with E-state index in [1.165, 1.54) is 11.0 Å². The molecule has 4 aromatic rings. The lowest BCUT2D eigenvalue weighted by atomic mass is 9.98. The Kier molecular flexibility index (Phi) is 5.86. The molecule has 0 spiro atoms. The maximum absolute atomic E-state index is 13.0. The SMILES string of the molecule is Cc1ccc(C(=O)NC[C@@H](CN2Cc3ccccc3C2=O)c2ccccc2)cc1-n1cnnn1. The molecule has 1 aromatic heterocycles. The van der Waals surface area contributed by atoms with Crippen LogP contribution >= 0.6 is 0 Å². The summed E-state index contributed by atoms with van der Waals surface area (Å²) in [6.45, 7) is 3.44. The molecule has 170 valence electrons. The molecule has 0 radical (unpaired) electrons. The Hall–Kier alpha value is -4.33. The van der Waals surface area contributed by atoms with Crippen molar-refractivity contribution in [1.29, 1.82) is 0 Å². The van der Waals surface area contributed by atoms with E-state index in [0.29, 0.717) is 25.2 Å². The first kappa shape index (κ1) is 21.5. The summed E-state index contributed by atoms with van der Waals surface area (Å²) in [6.07, 6.45) is 1.50. The van der Waals surface area contributed by atoms with Gasteiger partial charge in [-0.15, -0.1) is 5.10 Å². The van der Waals surface area contributed by atoms with Gasteiger partial charge in [0.1, 0.15) is 6.33 Å². The molecule has 1 atom stereocenters. The highest BCUT2D eigenvalue weighted by Crippen LogP contribution is 2.26. The molecule has 1 aliphatic heterocycles. The maximum atomic E-state index is 13.0. The summed E-state index contributed by atoms with van der Waals surface area (Å²) in [7, 11) is 0. The lowest BCUT2D eigenvalue weighted by molar-refractivity contribution is 0.0767. The van der Waals surface area contributed by atoms with Gasteiger partial charge in [0.2, 0.25) is 0 Å². The number of aromatic nitrogens is 4. The molecule has 2 amide bonds. The highest BCUT2D eigenvalue weighted by molar-refractivity contribution is 5.98. The van der Waals surface area contributed by atoms with Gasteiger partial charge in [0, 0.05) is 36.7 Å². The summed E-state index contributed by atoms with van der Waals surface area (Å²) in [5.74, 6) is -0.202. The van der Waals surface area contributed by atoms with Crippen LogP contribution in [0, 0.1) is 6.92 Å². The van der Waals surface area contributed by atoms with Gasteiger partial charge >= 0.3 is 0 Å². The summed E-state index contributed by atoms with van der Waals surface area (Å²) in [4.78, 5) is 27.8. The first-order valence-electron chi connectivity index (χ1n) is 11.1. The molecule has 0 saturated carbocycles. The van der Waals surface area contributed by atoms with Gasteiger partial charge < -0.3 is 10.2 Å². The largest absolute Gasteiger partial charge is 0.351 e. The van der Waals surface area contributed by atoms with E-state index >= 15 is 0 Å². The van der Waals surface area contributed by atoms with Gasteiger partial charge in [-0.2, -0.15) is 0 Å². The Morgan fingerprint density at radius 1 is 1.06 bits per heavy atom. The van der Waals surface area contributed by atoms with Crippen molar-refractivity contribution in [3.63, 3.8) is 0 Å². The number of tetrazole rings is 1. The third-order valence-electron chi connectivity index (χ3n) is 6.18. The highest BCUT2D eigenvalue weighted by Gasteiger charge is 2.29. The van der Waals surface area contributed by atoms with Gasteiger partial charge in [0.05, 0.1) is 5.69 Å². The fraction of sp³-hybridized carbons (Fsp3) is 0.192. The number of nitrogens with one attached hydrogen (secondary N) is 1. The van der Waals surface area contributed by atoms with E-state index in [4.69, 9.17) is 0 Å². The first-order valence-corrected chi connectivity index (χ1v) is 11.1. The minimum absolute atomic E-state index is 0.0347. The van der Waals surface area contributed by atoms with E-state index < -0.39 is 0 Å². The fourth-order valence-electron chi connectivity index (χ4n) is 4.33. The normalized spacial score (nSPS) is 13.6. The second-order valence-electron chi connectivity index (χ2n) is 8.42. The number of carbonyl (C=O) groups is 2. The van der Waals surface area contributed by atoms with Crippen LogP contribution in [0.2, 0.25) is 0 Å². The van der Waals surface area contributed by atoms with Crippen LogP contribution in [0.15, 0.2) is 79.1 Å². The Morgan fingerprint density at radius 2 is 1.85 bits per heavy atom. The lowest BCUT2D eigenvalue weighted by Crippen LogP contribution is -2.36. The van der Waals surface area contributed by atoms with Gasteiger partial charge in [-0.25, -0.2) is 4.68 Å². The molecule has 34 heavy (non-hydrogen) atoms. The quantitative estimate of drug-likeness (QED) is 0.465. The van der Waals surface area contributed by atoms with Crippen molar-refractivity contribution in [2.24, 2.45) is 0 Å². The number of benzene rings is 3. The molecule has 0 aliphatic carbocycles. The number of rotatable bonds is 7. The first-order chi connectivity index (χ1) is 16.6. The molecule has 0 bridgehead atoms. The second-order valence-corrected chi connectivity index (χ2v) is 8.42. The predicted molar refractivity (Wildman–Crippen MR) is 127 cm³/mol. The van der Waals surface area contributed by atoms with Gasteiger partial charge in [0.15, 0.2) is 0 Å². The minimum Gasteiger partial charge on any atom is -0.351 e. The van der Waals surface area contributed by atoms with Crippen molar-refractivity contribution in [3.8, 4) is 5.69 Å². The molecule has 0 saturated heterocycles. The maximum Gasteiger partial charge on any atom is 0.254 e. The van der Waals surface area contributed by atoms with Gasteiger partial charge in [-0.3, -0.25) is 9.59 Å². The fourth-order valence-corrected chi connectivity index (χ4v) is 4.33. The van der Waals surface area contributed by atoms with Crippen molar-refractivity contribution < 1.29 is 9.59 Å². The topological polar surface area (TPSA) is 93.0 Å². The van der Waals surface area contributed by atoms with Crippen LogP contribution in [0.25, 0.3) is 5.69 Å². The number of hydrogen-bond acceptors (Lipinski definition) is 5. The van der Waals surface area contributed by atoms with Crippen molar-refractivity contribution in [2.75, 3.05) is 13.1 Å². The molecule has 8 nitrogen and oxygen atoms in total. The van der Waals surface area contributed by atoms with Crippen molar-refractivity contribution in [1.82, 2.24) is 30.4 Å². The van der Waals surface area contributed by atoms with E-state index in [0.717, 1.165) is 27.9 Å². The second kappa shape index (κ2) is 9.27. The Balaban J connectivity index is 1.33. The minimum atomic E-state index is -0.189. The van der Waals surface area contributed by atoms with Crippen LogP contribution in [0.5, 0.6) is 0 Å². The lowest BCUT2D eigenvalue weighted by Gasteiger charge is -2.24. The molecular formula is C26H24N6O2. The Morgan fingerprint density at radius 3 is 2.62 bits per heavy atom. The number of carbonyl (C=O) groups excluding carboxylic acids is 2. The van der Waals surface area contributed by atoms with Crippen molar-refractivity contribution in [3.05, 3.63) is 107 Å². The highest BCUT2D eigenvalue weighted by atomic mass is 16.2. The summed E-state index contributed by atoms with van der Waals surface area (Å²) >= 11 is 0. The number of amides is 2. The van der Waals surface area contributed by atoms with E-state index in [2.05, 4.69) is 20.8 Å². The number of fused-ring (bicyclic) bond motifs is 1. The molecule has 0 unspecified atom stereocenters. The van der Waals surface area contributed by atoms with Crippen LogP contribution in [-0.2, 0) is 6.54 Å². The smallest absolute Gasteiger partial charge is 0.254 e. The zero-order valence-corrected chi connectivity index (χ0v) is 18.8. The molecule has 3 aromatic carbocycles. The van der Waals surface area contributed by atoms with E-state index in [-0.39, 0.29) is 17.7 Å². The van der Waals surface area contributed by atoms with E-state index in [1.54, 1.807) is 12.1 Å². The van der Waals surface area contributed by atoms with Crippen LogP contribution in [-0.4, -0.2) is 50.0 Å². The number of hydrogen-bond donors (Lipinski definition) is 1. The summed E-state index contributed by atoms with van der Waals surface area (Å²) in [6, 6.07) is 23.1. The zero-order chi connectivity index (χ0) is 23.5. The summed E-state index contributed by atoms with van der Waals surface area (Å²) in [5.41, 5.74) is 5.10. The van der Waals surface area contributed by atoms with Crippen LogP contribution < -0.4 is 5.32 Å². The van der Waals surface area contributed by atoms with E-state index in [9.17, 15) is 9.59 Å².